The quantitative estimate of drug-likeness (QED) is 0.794. The molecule has 23 heavy (non-hydrogen) atoms. The highest BCUT2D eigenvalue weighted by Gasteiger charge is 2.06. The Morgan fingerprint density at radius 2 is 1.78 bits per heavy atom. The number of rotatable bonds is 6. The van der Waals surface area contributed by atoms with Crippen molar-refractivity contribution in [3.63, 3.8) is 0 Å². The SMILES string of the molecule is COC(=O)c1ccc(NCCC(=O)Nc2ccccc2Cl)cc1. The van der Waals surface area contributed by atoms with Crippen molar-refractivity contribution in [3.05, 3.63) is 59.1 Å². The number of carbonyl (C=O) groups excluding carboxylic acids is 2. The topological polar surface area (TPSA) is 67.4 Å². The number of hydrogen-bond acceptors (Lipinski definition) is 4. The van der Waals surface area contributed by atoms with E-state index in [-0.39, 0.29) is 11.9 Å². The molecule has 0 fully saturated rings. The van der Waals surface area contributed by atoms with Crippen LogP contribution < -0.4 is 10.6 Å². The molecule has 6 heteroatoms. The number of nitrogens with one attached hydrogen (secondary N) is 2. The lowest BCUT2D eigenvalue weighted by Crippen LogP contribution is -2.16. The Morgan fingerprint density at radius 3 is 2.43 bits per heavy atom. The molecule has 0 aromatic heterocycles. The first-order valence-electron chi connectivity index (χ1n) is 7.07. The molecule has 0 atom stereocenters. The second-order valence-corrected chi connectivity index (χ2v) is 5.18. The molecule has 1 amide bonds. The standard InChI is InChI=1S/C17H17ClN2O3/c1-23-17(22)12-6-8-13(9-7-12)19-11-10-16(21)20-15-5-3-2-4-14(15)18/h2-9,19H,10-11H2,1H3,(H,20,21). The number of hydrogen-bond donors (Lipinski definition) is 2. The van der Waals surface area contributed by atoms with Crippen LogP contribution in [-0.4, -0.2) is 25.5 Å². The summed E-state index contributed by atoms with van der Waals surface area (Å²) in [7, 11) is 1.34. The summed E-state index contributed by atoms with van der Waals surface area (Å²) < 4.78 is 4.63. The minimum absolute atomic E-state index is 0.128. The normalized spacial score (nSPS) is 10.0. The zero-order valence-corrected chi connectivity index (χ0v) is 13.4. The van der Waals surface area contributed by atoms with E-state index in [4.69, 9.17) is 11.6 Å². The summed E-state index contributed by atoms with van der Waals surface area (Å²) in [6.45, 7) is 0.466. The van der Waals surface area contributed by atoms with Gasteiger partial charge in [0.05, 0.1) is 23.4 Å². The molecule has 0 heterocycles. The Kier molecular flexibility index (Phi) is 6.00. The molecule has 2 rings (SSSR count). The number of anilines is 2. The smallest absolute Gasteiger partial charge is 0.337 e. The minimum atomic E-state index is -0.379. The van der Waals surface area contributed by atoms with Crippen molar-refractivity contribution in [1.82, 2.24) is 0 Å². The fourth-order valence-corrected chi connectivity index (χ4v) is 2.12. The monoisotopic (exact) mass is 332 g/mol. The van der Waals surface area contributed by atoms with Crippen LogP contribution in [0.3, 0.4) is 0 Å². The molecule has 2 N–H and O–H groups in total. The third-order valence-electron chi connectivity index (χ3n) is 3.14. The molecule has 0 aliphatic carbocycles. The third kappa shape index (κ3) is 5.00. The number of halogens is 1. The van der Waals surface area contributed by atoms with Gasteiger partial charge in [-0.25, -0.2) is 4.79 Å². The van der Waals surface area contributed by atoms with Gasteiger partial charge in [0.25, 0.3) is 0 Å². The Balaban J connectivity index is 1.79. The van der Waals surface area contributed by atoms with E-state index in [0.29, 0.717) is 29.2 Å². The van der Waals surface area contributed by atoms with Crippen LogP contribution >= 0.6 is 11.6 Å². The maximum atomic E-state index is 11.9. The van der Waals surface area contributed by atoms with E-state index < -0.39 is 0 Å². The Labute approximate surface area is 139 Å². The molecule has 2 aromatic carbocycles. The minimum Gasteiger partial charge on any atom is -0.465 e. The number of carbonyl (C=O) groups is 2. The number of methoxy groups -OCH3 is 1. The third-order valence-corrected chi connectivity index (χ3v) is 3.46. The molecule has 2 aromatic rings. The average molecular weight is 333 g/mol. The fraction of sp³-hybridized carbons (Fsp3) is 0.176. The summed E-state index contributed by atoms with van der Waals surface area (Å²) >= 11 is 5.98. The Bertz CT molecular complexity index is 686. The van der Waals surface area contributed by atoms with Crippen molar-refractivity contribution in [1.29, 1.82) is 0 Å². The van der Waals surface area contributed by atoms with Crippen molar-refractivity contribution >= 4 is 34.9 Å². The van der Waals surface area contributed by atoms with Gasteiger partial charge in [-0.1, -0.05) is 23.7 Å². The van der Waals surface area contributed by atoms with Crippen LogP contribution in [0.25, 0.3) is 0 Å². The molecule has 0 radical (unpaired) electrons. The molecule has 0 saturated carbocycles. The van der Waals surface area contributed by atoms with Crippen molar-refractivity contribution in [2.75, 3.05) is 24.3 Å². The maximum Gasteiger partial charge on any atom is 0.337 e. The summed E-state index contributed by atoms with van der Waals surface area (Å²) in [4.78, 5) is 23.2. The summed E-state index contributed by atoms with van der Waals surface area (Å²) in [5.74, 6) is -0.507. The van der Waals surface area contributed by atoms with Crippen LogP contribution in [0.5, 0.6) is 0 Å². The van der Waals surface area contributed by atoms with Gasteiger partial charge in [0.2, 0.25) is 5.91 Å². The van der Waals surface area contributed by atoms with E-state index in [1.165, 1.54) is 7.11 Å². The van der Waals surface area contributed by atoms with E-state index in [1.807, 2.05) is 6.07 Å². The van der Waals surface area contributed by atoms with Gasteiger partial charge in [0.15, 0.2) is 0 Å². The lowest BCUT2D eigenvalue weighted by atomic mass is 10.2. The first-order valence-corrected chi connectivity index (χ1v) is 7.44. The van der Waals surface area contributed by atoms with Crippen LogP contribution in [-0.2, 0) is 9.53 Å². The van der Waals surface area contributed by atoms with E-state index in [9.17, 15) is 9.59 Å². The van der Waals surface area contributed by atoms with Gasteiger partial charge in [-0.15, -0.1) is 0 Å². The van der Waals surface area contributed by atoms with Gasteiger partial charge in [0, 0.05) is 18.7 Å². The van der Waals surface area contributed by atoms with Crippen LogP contribution in [0.2, 0.25) is 5.02 Å². The summed E-state index contributed by atoms with van der Waals surface area (Å²) in [5, 5.41) is 6.38. The van der Waals surface area contributed by atoms with Gasteiger partial charge in [-0.05, 0) is 36.4 Å². The van der Waals surface area contributed by atoms with Crippen molar-refractivity contribution in [3.8, 4) is 0 Å². The Hall–Kier alpha value is -2.53. The van der Waals surface area contributed by atoms with E-state index in [0.717, 1.165) is 5.69 Å². The Morgan fingerprint density at radius 1 is 1.09 bits per heavy atom. The largest absolute Gasteiger partial charge is 0.465 e. The molecular weight excluding hydrogens is 316 g/mol. The molecule has 5 nitrogen and oxygen atoms in total. The lowest BCUT2D eigenvalue weighted by Gasteiger charge is -2.09. The van der Waals surface area contributed by atoms with Crippen LogP contribution in [0.15, 0.2) is 48.5 Å². The molecule has 0 aliphatic heterocycles. The number of para-hydroxylation sites is 1. The van der Waals surface area contributed by atoms with Gasteiger partial charge in [0.1, 0.15) is 0 Å². The molecule has 120 valence electrons. The van der Waals surface area contributed by atoms with Crippen LogP contribution in [0, 0.1) is 0 Å². The summed E-state index contributed by atoms with van der Waals surface area (Å²) in [5.41, 5.74) is 1.90. The van der Waals surface area contributed by atoms with Crippen molar-refractivity contribution in [2.24, 2.45) is 0 Å². The molecular formula is C17H17ClN2O3. The maximum absolute atomic E-state index is 11.9. The highest BCUT2D eigenvalue weighted by molar-refractivity contribution is 6.33. The number of ether oxygens (including phenoxy) is 1. The van der Waals surface area contributed by atoms with E-state index >= 15 is 0 Å². The molecule has 0 unspecified atom stereocenters. The van der Waals surface area contributed by atoms with Crippen molar-refractivity contribution in [2.45, 2.75) is 6.42 Å². The molecule has 0 spiro atoms. The first kappa shape index (κ1) is 16.8. The molecule has 0 bridgehead atoms. The summed E-state index contributed by atoms with van der Waals surface area (Å²) in [6.07, 6.45) is 0.296. The highest BCUT2D eigenvalue weighted by Crippen LogP contribution is 2.20. The highest BCUT2D eigenvalue weighted by atomic mass is 35.5. The second kappa shape index (κ2) is 8.19. The first-order chi connectivity index (χ1) is 11.1. The number of amides is 1. The molecule has 0 saturated heterocycles. The molecule has 0 aliphatic rings. The van der Waals surface area contributed by atoms with Gasteiger partial charge in [-0.2, -0.15) is 0 Å². The number of esters is 1. The predicted molar refractivity (Wildman–Crippen MR) is 91.0 cm³/mol. The van der Waals surface area contributed by atoms with Crippen molar-refractivity contribution < 1.29 is 14.3 Å². The average Bonchev–Trinajstić information content (AvgIpc) is 2.57. The van der Waals surface area contributed by atoms with Crippen LogP contribution in [0.4, 0.5) is 11.4 Å². The zero-order chi connectivity index (χ0) is 16.7. The van der Waals surface area contributed by atoms with Gasteiger partial charge < -0.3 is 15.4 Å². The van der Waals surface area contributed by atoms with Crippen LogP contribution in [0.1, 0.15) is 16.8 Å². The summed E-state index contributed by atoms with van der Waals surface area (Å²) in [6, 6.07) is 13.9. The zero-order valence-electron chi connectivity index (χ0n) is 12.6. The number of benzene rings is 2. The fourth-order valence-electron chi connectivity index (χ4n) is 1.94. The van der Waals surface area contributed by atoms with E-state index in [2.05, 4.69) is 15.4 Å². The predicted octanol–water partition coefficient (Wildman–Crippen LogP) is 3.57. The van der Waals surface area contributed by atoms with Gasteiger partial charge in [-0.3, -0.25) is 4.79 Å². The lowest BCUT2D eigenvalue weighted by molar-refractivity contribution is -0.115. The van der Waals surface area contributed by atoms with Gasteiger partial charge >= 0.3 is 5.97 Å². The second-order valence-electron chi connectivity index (χ2n) is 4.77. The van der Waals surface area contributed by atoms with E-state index in [1.54, 1.807) is 42.5 Å².